The van der Waals surface area contributed by atoms with Crippen molar-refractivity contribution in [2.45, 2.75) is 57.7 Å². The normalized spacial score (nSPS) is 16.7. The lowest BCUT2D eigenvalue weighted by Crippen LogP contribution is -2.58. The molecule has 0 radical (unpaired) electrons. The summed E-state index contributed by atoms with van der Waals surface area (Å²) in [4.78, 5) is 11.3. The zero-order chi connectivity index (χ0) is 16.4. The molecule has 9 heteroatoms. The van der Waals surface area contributed by atoms with Crippen molar-refractivity contribution >= 4 is 5.97 Å². The van der Waals surface area contributed by atoms with Crippen LogP contribution in [0.5, 0.6) is 0 Å². The van der Waals surface area contributed by atoms with Gasteiger partial charge in [-0.05, 0) is 13.3 Å². The number of carbonyl (C=O) groups excluding carboxylic acids is 1. The lowest BCUT2D eigenvalue weighted by Gasteiger charge is -2.34. The first-order chi connectivity index (χ1) is 8.76. The van der Waals surface area contributed by atoms with Crippen molar-refractivity contribution in [3.8, 4) is 0 Å². The molecule has 0 aromatic rings. The van der Waals surface area contributed by atoms with E-state index in [4.69, 9.17) is 5.11 Å². The second-order valence-electron chi connectivity index (χ2n) is 4.62. The minimum atomic E-state index is -5.91. The fourth-order valence-corrected chi connectivity index (χ4v) is 1.33. The van der Waals surface area contributed by atoms with Gasteiger partial charge in [0, 0.05) is 6.42 Å². The van der Waals surface area contributed by atoms with Crippen LogP contribution in [0.4, 0.5) is 26.3 Å². The van der Waals surface area contributed by atoms with Crippen LogP contribution in [0, 0.1) is 5.92 Å². The van der Waals surface area contributed by atoms with E-state index in [1.54, 1.807) is 6.92 Å². The van der Waals surface area contributed by atoms with Crippen molar-refractivity contribution in [1.29, 1.82) is 0 Å². The molecule has 0 amide bonds. The van der Waals surface area contributed by atoms with E-state index in [1.807, 2.05) is 0 Å². The predicted molar refractivity (Wildman–Crippen MR) is 56.7 cm³/mol. The van der Waals surface area contributed by atoms with Crippen molar-refractivity contribution in [3.05, 3.63) is 0 Å². The summed E-state index contributed by atoms with van der Waals surface area (Å²) in [6.45, 7) is 3.90. The number of esters is 1. The molecule has 0 fully saturated rings. The third-order valence-corrected chi connectivity index (χ3v) is 2.85. The second kappa shape index (κ2) is 6.19. The van der Waals surface area contributed by atoms with Gasteiger partial charge in [-0.25, -0.2) is 0 Å². The quantitative estimate of drug-likeness (QED) is 0.626. The van der Waals surface area contributed by atoms with Gasteiger partial charge in [0.1, 0.15) is 6.10 Å². The van der Waals surface area contributed by atoms with Crippen LogP contribution in [-0.4, -0.2) is 35.1 Å². The third-order valence-electron chi connectivity index (χ3n) is 2.85. The molecule has 0 rings (SSSR count). The summed E-state index contributed by atoms with van der Waals surface area (Å²) in [6.07, 6.45) is -15.0. The Kier molecular flexibility index (Phi) is 5.89. The van der Waals surface area contributed by atoms with E-state index in [0.29, 0.717) is 6.42 Å². The van der Waals surface area contributed by atoms with Gasteiger partial charge in [0.2, 0.25) is 0 Å². The van der Waals surface area contributed by atoms with Gasteiger partial charge in [0.05, 0.1) is 5.92 Å². The van der Waals surface area contributed by atoms with Gasteiger partial charge in [-0.3, -0.25) is 4.79 Å². The van der Waals surface area contributed by atoms with E-state index in [9.17, 15) is 31.1 Å². The summed E-state index contributed by atoms with van der Waals surface area (Å²) >= 11 is 0. The minimum absolute atomic E-state index is 0.328. The molecule has 20 heavy (non-hydrogen) atoms. The standard InChI is InChI=1S/C11H16F6O3/c1-4-6(2)8(18)20-7(3)5-9(19,10(12,13)14)11(15,16)17/h6-7,19H,4-5H2,1-3H3. The summed E-state index contributed by atoms with van der Waals surface area (Å²) in [5.41, 5.74) is -4.91. The number of ether oxygens (including phenoxy) is 1. The van der Waals surface area contributed by atoms with Crippen LogP contribution in [0.2, 0.25) is 0 Å². The molecule has 0 aromatic heterocycles. The molecule has 1 N–H and O–H groups in total. The molecule has 0 heterocycles. The van der Waals surface area contributed by atoms with Crippen LogP contribution in [-0.2, 0) is 9.53 Å². The van der Waals surface area contributed by atoms with Crippen molar-refractivity contribution in [1.82, 2.24) is 0 Å². The van der Waals surface area contributed by atoms with Crippen LogP contribution in [0.15, 0.2) is 0 Å². The summed E-state index contributed by atoms with van der Waals surface area (Å²) in [6, 6.07) is 0. The van der Waals surface area contributed by atoms with Crippen LogP contribution in [0.1, 0.15) is 33.6 Å². The van der Waals surface area contributed by atoms with Gasteiger partial charge in [0.25, 0.3) is 5.60 Å². The number of halogens is 6. The Morgan fingerprint density at radius 2 is 1.50 bits per heavy atom. The number of hydrogen-bond donors (Lipinski definition) is 1. The van der Waals surface area contributed by atoms with Gasteiger partial charge < -0.3 is 9.84 Å². The highest BCUT2D eigenvalue weighted by Crippen LogP contribution is 2.46. The average molecular weight is 310 g/mol. The maximum Gasteiger partial charge on any atom is 0.426 e. The summed E-state index contributed by atoms with van der Waals surface area (Å²) in [5, 5.41) is 8.92. The molecule has 0 bridgehead atoms. The zero-order valence-corrected chi connectivity index (χ0v) is 11.1. The number of aliphatic hydroxyl groups is 1. The lowest BCUT2D eigenvalue weighted by molar-refractivity contribution is -0.373. The molecule has 0 aromatic carbocycles. The minimum Gasteiger partial charge on any atom is -0.462 e. The fourth-order valence-electron chi connectivity index (χ4n) is 1.33. The SMILES string of the molecule is CCC(C)C(=O)OC(C)CC(O)(C(F)(F)F)C(F)(F)F. The van der Waals surface area contributed by atoms with Crippen molar-refractivity contribution in [2.75, 3.05) is 0 Å². The zero-order valence-electron chi connectivity index (χ0n) is 11.1. The molecule has 0 aliphatic carbocycles. The highest BCUT2D eigenvalue weighted by atomic mass is 19.4. The van der Waals surface area contributed by atoms with E-state index in [1.165, 1.54) is 6.92 Å². The van der Waals surface area contributed by atoms with Crippen molar-refractivity contribution in [2.24, 2.45) is 5.92 Å². The van der Waals surface area contributed by atoms with Gasteiger partial charge in [0.15, 0.2) is 0 Å². The Labute approximate surface area is 111 Å². The number of rotatable bonds is 5. The van der Waals surface area contributed by atoms with Crippen molar-refractivity contribution < 1.29 is 41.0 Å². The van der Waals surface area contributed by atoms with Gasteiger partial charge in [-0.2, -0.15) is 26.3 Å². The van der Waals surface area contributed by atoms with Gasteiger partial charge in [-0.1, -0.05) is 13.8 Å². The van der Waals surface area contributed by atoms with Gasteiger partial charge >= 0.3 is 18.3 Å². The monoisotopic (exact) mass is 310 g/mol. The predicted octanol–water partition coefficient (Wildman–Crippen LogP) is 3.21. The van der Waals surface area contributed by atoms with E-state index >= 15 is 0 Å². The summed E-state index contributed by atoms with van der Waals surface area (Å²) in [7, 11) is 0. The van der Waals surface area contributed by atoms with Crippen molar-refractivity contribution in [3.63, 3.8) is 0 Å². The number of carbonyl (C=O) groups is 1. The Morgan fingerprint density at radius 1 is 1.10 bits per heavy atom. The largest absolute Gasteiger partial charge is 0.462 e. The molecule has 120 valence electrons. The molecular weight excluding hydrogens is 294 g/mol. The van der Waals surface area contributed by atoms with Crippen LogP contribution >= 0.6 is 0 Å². The fraction of sp³-hybridized carbons (Fsp3) is 0.909. The van der Waals surface area contributed by atoms with Gasteiger partial charge in [-0.15, -0.1) is 0 Å². The van der Waals surface area contributed by atoms with Crippen LogP contribution < -0.4 is 0 Å². The molecule has 0 spiro atoms. The highest BCUT2D eigenvalue weighted by Gasteiger charge is 2.70. The molecule has 3 nitrogen and oxygen atoms in total. The first kappa shape index (κ1) is 19.0. The van der Waals surface area contributed by atoms with E-state index in [2.05, 4.69) is 4.74 Å². The topological polar surface area (TPSA) is 46.5 Å². The summed E-state index contributed by atoms with van der Waals surface area (Å²) < 4.78 is 79.0. The first-order valence-corrected chi connectivity index (χ1v) is 5.82. The Morgan fingerprint density at radius 3 is 1.80 bits per heavy atom. The van der Waals surface area contributed by atoms with E-state index in [0.717, 1.165) is 6.92 Å². The average Bonchev–Trinajstić information content (AvgIpc) is 2.24. The lowest BCUT2D eigenvalue weighted by atomic mass is 9.95. The molecular formula is C11H16F6O3. The smallest absolute Gasteiger partial charge is 0.426 e. The highest BCUT2D eigenvalue weighted by molar-refractivity contribution is 5.72. The Balaban J connectivity index is 5.00. The number of hydrogen-bond acceptors (Lipinski definition) is 3. The molecule has 2 atom stereocenters. The van der Waals surface area contributed by atoms with E-state index in [-0.39, 0.29) is 0 Å². The molecule has 0 aliphatic heterocycles. The molecule has 0 saturated heterocycles. The van der Waals surface area contributed by atoms with Crippen LogP contribution in [0.3, 0.4) is 0 Å². The summed E-state index contributed by atoms with van der Waals surface area (Å²) in [5.74, 6) is -1.56. The Hall–Kier alpha value is -0.990. The second-order valence-corrected chi connectivity index (χ2v) is 4.62. The molecule has 0 aliphatic rings. The molecule has 0 saturated carbocycles. The maximum absolute atomic E-state index is 12.4. The third kappa shape index (κ3) is 4.26. The van der Waals surface area contributed by atoms with E-state index < -0.39 is 42.4 Å². The molecule has 2 unspecified atom stereocenters. The number of alkyl halides is 6. The first-order valence-electron chi connectivity index (χ1n) is 5.82. The van der Waals surface area contributed by atoms with Crippen LogP contribution in [0.25, 0.3) is 0 Å². The Bertz CT molecular complexity index is 322. The maximum atomic E-state index is 12.4.